The van der Waals surface area contributed by atoms with E-state index in [1.54, 1.807) is 52.6 Å². The van der Waals surface area contributed by atoms with Gasteiger partial charge in [-0.15, -0.1) is 4.21 Å². The number of H-pyrrole nitrogens is 1. The summed E-state index contributed by atoms with van der Waals surface area (Å²) in [7, 11) is -1.63. The molecule has 5 rings (SSSR count). The van der Waals surface area contributed by atoms with Crippen LogP contribution < -0.4 is 5.43 Å². The average molecular weight is 465 g/mol. The highest BCUT2D eigenvalue weighted by molar-refractivity contribution is 7.84. The number of thiol groups is 1. The van der Waals surface area contributed by atoms with Gasteiger partial charge in [-0.25, -0.2) is 9.97 Å². The first-order chi connectivity index (χ1) is 16.0. The fourth-order valence-electron chi connectivity index (χ4n) is 3.90. The van der Waals surface area contributed by atoms with Crippen LogP contribution in [0.5, 0.6) is 0 Å². The highest BCUT2D eigenvalue weighted by atomic mass is 32.2. The summed E-state index contributed by atoms with van der Waals surface area (Å²) in [5.74, 6) is 0.306. The van der Waals surface area contributed by atoms with Crippen LogP contribution in [0.4, 0.5) is 0 Å². The Labute approximate surface area is 191 Å². The van der Waals surface area contributed by atoms with E-state index in [1.165, 1.54) is 12.1 Å². The lowest BCUT2D eigenvalue weighted by molar-refractivity contribution is 0.0303. The molecule has 1 fully saturated rings. The van der Waals surface area contributed by atoms with Gasteiger partial charge in [-0.05, 0) is 18.2 Å². The van der Waals surface area contributed by atoms with E-state index in [9.17, 15) is 13.8 Å². The summed E-state index contributed by atoms with van der Waals surface area (Å²) in [6, 6.07) is 8.30. The maximum absolute atomic E-state index is 13.0. The highest BCUT2D eigenvalue weighted by Gasteiger charge is 2.22. The quantitative estimate of drug-likeness (QED) is 0.365. The van der Waals surface area contributed by atoms with Gasteiger partial charge >= 0.3 is 0 Å². The molecule has 1 saturated heterocycles. The van der Waals surface area contributed by atoms with E-state index in [0.29, 0.717) is 59.5 Å². The number of carbonyl (C=O) groups is 1. The second kappa shape index (κ2) is 8.72. The van der Waals surface area contributed by atoms with Crippen molar-refractivity contribution in [2.45, 2.75) is 4.90 Å². The van der Waals surface area contributed by atoms with Crippen LogP contribution in [0.15, 0.2) is 64.8 Å². The molecule has 10 heteroatoms. The standard InChI is InChI=1S/C23H21N5O4S/c1-33(31)21-14-28(23-25-12-16(13-26-23)19-11-17(29)4-5-24-19)20-10-15(2-3-18(20)21)22(30)27-6-8-32-9-7-27/h2-5,10-14H,6-9H2,1H3,(H,24,29)/p+1. The van der Waals surface area contributed by atoms with Crippen molar-refractivity contribution < 1.29 is 13.7 Å². The number of carbonyl (C=O) groups excluding carboxylic acids is 1. The third kappa shape index (κ3) is 4.10. The van der Waals surface area contributed by atoms with Crippen LogP contribution in [0.25, 0.3) is 28.1 Å². The first-order valence-corrected chi connectivity index (χ1v) is 12.2. The number of nitrogens with one attached hydrogen (secondary N) is 1. The Bertz CT molecular complexity index is 1420. The van der Waals surface area contributed by atoms with E-state index in [2.05, 4.69) is 15.0 Å². The minimum absolute atomic E-state index is 0.0697. The van der Waals surface area contributed by atoms with Gasteiger partial charge in [0.15, 0.2) is 10.3 Å². The van der Waals surface area contributed by atoms with Crippen LogP contribution in [-0.4, -0.2) is 62.9 Å². The number of fused-ring (bicyclic) bond motifs is 1. The molecule has 0 saturated carbocycles. The molecule has 1 aliphatic heterocycles. The maximum atomic E-state index is 13.0. The van der Waals surface area contributed by atoms with Gasteiger partial charge in [0.25, 0.3) is 5.91 Å². The van der Waals surface area contributed by atoms with Gasteiger partial charge in [-0.1, -0.05) is 0 Å². The number of aromatic nitrogens is 4. The predicted octanol–water partition coefficient (Wildman–Crippen LogP) is 1.93. The largest absolute Gasteiger partial charge is 0.378 e. The number of benzene rings is 1. The van der Waals surface area contributed by atoms with Gasteiger partial charge in [0.2, 0.25) is 5.95 Å². The monoisotopic (exact) mass is 464 g/mol. The molecule has 1 unspecified atom stereocenters. The predicted molar refractivity (Wildman–Crippen MR) is 125 cm³/mol. The lowest BCUT2D eigenvalue weighted by atomic mass is 10.1. The molecule has 9 nitrogen and oxygen atoms in total. The van der Waals surface area contributed by atoms with Gasteiger partial charge in [-0.2, -0.15) is 0 Å². The smallest absolute Gasteiger partial charge is 0.254 e. The second-order valence-corrected chi connectivity index (χ2v) is 9.20. The number of amides is 1. The van der Waals surface area contributed by atoms with Crippen LogP contribution in [-0.2, 0) is 19.7 Å². The number of rotatable bonds is 4. The summed E-state index contributed by atoms with van der Waals surface area (Å²) in [4.78, 5) is 39.0. The minimum atomic E-state index is -1.63. The Morgan fingerprint density at radius 1 is 1.12 bits per heavy atom. The molecule has 168 valence electrons. The van der Waals surface area contributed by atoms with Gasteiger partial charge in [0, 0.05) is 54.9 Å². The number of hydrogen-bond acceptors (Lipinski definition) is 6. The van der Waals surface area contributed by atoms with Crippen LogP contribution in [0.3, 0.4) is 0 Å². The number of morpholine rings is 1. The Morgan fingerprint density at radius 2 is 1.88 bits per heavy atom. The molecule has 4 heterocycles. The molecular formula is C23H22N5O4S+. The van der Waals surface area contributed by atoms with E-state index < -0.39 is 10.8 Å². The molecule has 4 aromatic rings. The summed E-state index contributed by atoms with van der Waals surface area (Å²) in [5.41, 5.74) is 2.41. The summed E-state index contributed by atoms with van der Waals surface area (Å²) < 4.78 is 19.5. The van der Waals surface area contributed by atoms with Gasteiger partial charge in [0.05, 0.1) is 36.0 Å². The Hall–Kier alpha value is -3.63. The molecule has 0 bridgehead atoms. The third-order valence-electron chi connectivity index (χ3n) is 5.61. The van der Waals surface area contributed by atoms with E-state index >= 15 is 0 Å². The molecular weight excluding hydrogens is 442 g/mol. The SMILES string of the molecule is C[SH+](=O)c1cn(-c2ncc(-c3cc(=O)cc[nH]3)cn2)c2cc(C(=O)N3CCOCC3)ccc12. The van der Waals surface area contributed by atoms with Crippen molar-refractivity contribution in [1.82, 2.24) is 24.4 Å². The van der Waals surface area contributed by atoms with E-state index in [-0.39, 0.29) is 11.3 Å². The average Bonchev–Trinajstić information content (AvgIpc) is 3.23. The first kappa shape index (κ1) is 21.2. The lowest BCUT2D eigenvalue weighted by Crippen LogP contribution is -2.40. The van der Waals surface area contributed by atoms with Gasteiger partial charge < -0.3 is 14.6 Å². The Balaban J connectivity index is 1.57. The Morgan fingerprint density at radius 3 is 2.58 bits per heavy atom. The van der Waals surface area contributed by atoms with Gasteiger partial charge in [0.1, 0.15) is 17.1 Å². The van der Waals surface area contributed by atoms with Crippen molar-refractivity contribution in [2.75, 3.05) is 32.6 Å². The Kier molecular flexibility index (Phi) is 5.61. The topological polar surface area (TPSA) is 110 Å². The van der Waals surface area contributed by atoms with Crippen molar-refractivity contribution in [1.29, 1.82) is 0 Å². The first-order valence-electron chi connectivity index (χ1n) is 10.5. The summed E-state index contributed by atoms with van der Waals surface area (Å²) in [6.07, 6.45) is 8.21. The fourth-order valence-corrected chi connectivity index (χ4v) is 4.71. The van der Waals surface area contributed by atoms with Crippen molar-refractivity contribution >= 4 is 27.6 Å². The molecule has 1 amide bonds. The number of pyridine rings is 1. The second-order valence-electron chi connectivity index (χ2n) is 7.73. The molecule has 3 aromatic heterocycles. The molecule has 0 aliphatic carbocycles. The summed E-state index contributed by atoms with van der Waals surface area (Å²) >= 11 is 0. The van der Waals surface area contributed by atoms with Crippen molar-refractivity contribution in [3.8, 4) is 17.2 Å². The minimum Gasteiger partial charge on any atom is -0.378 e. The number of nitrogens with zero attached hydrogens (tertiary/aromatic N) is 4. The van der Waals surface area contributed by atoms with Crippen molar-refractivity contribution in [3.63, 3.8) is 0 Å². The summed E-state index contributed by atoms with van der Waals surface area (Å²) in [5, 5.41) is 0.789. The van der Waals surface area contributed by atoms with Crippen molar-refractivity contribution in [3.05, 3.63) is 70.9 Å². The van der Waals surface area contributed by atoms with E-state index in [0.717, 1.165) is 5.39 Å². The van der Waals surface area contributed by atoms with Crippen LogP contribution in [0.1, 0.15) is 10.4 Å². The van der Waals surface area contributed by atoms with E-state index in [1.807, 2.05) is 6.07 Å². The fraction of sp³-hybridized carbons (Fsp3) is 0.217. The zero-order valence-corrected chi connectivity index (χ0v) is 18.8. The normalized spacial score (nSPS) is 15.0. The van der Waals surface area contributed by atoms with Crippen LogP contribution in [0, 0.1) is 0 Å². The number of ether oxygens (including phenoxy) is 1. The number of hydrogen-bond donors (Lipinski definition) is 1. The van der Waals surface area contributed by atoms with E-state index in [4.69, 9.17) is 4.74 Å². The van der Waals surface area contributed by atoms with Crippen LogP contribution >= 0.6 is 0 Å². The number of aromatic amines is 1. The lowest BCUT2D eigenvalue weighted by Gasteiger charge is -2.26. The van der Waals surface area contributed by atoms with Crippen LogP contribution in [0.2, 0.25) is 0 Å². The molecule has 1 aliphatic rings. The molecule has 1 atom stereocenters. The summed E-state index contributed by atoms with van der Waals surface area (Å²) in [6.45, 7) is 2.15. The molecule has 0 spiro atoms. The maximum Gasteiger partial charge on any atom is 0.254 e. The highest BCUT2D eigenvalue weighted by Crippen LogP contribution is 2.28. The van der Waals surface area contributed by atoms with Gasteiger partial charge in [-0.3, -0.25) is 14.2 Å². The molecule has 1 aromatic carbocycles. The molecule has 0 radical (unpaired) electrons. The van der Waals surface area contributed by atoms with Crippen molar-refractivity contribution in [2.24, 2.45) is 0 Å². The zero-order chi connectivity index (χ0) is 22.9. The zero-order valence-electron chi connectivity index (χ0n) is 17.9. The molecule has 33 heavy (non-hydrogen) atoms. The molecule has 1 N–H and O–H groups in total. The third-order valence-corrected chi connectivity index (χ3v) is 6.64.